The van der Waals surface area contributed by atoms with E-state index < -0.39 is 23.8 Å². The highest BCUT2D eigenvalue weighted by Gasteiger charge is 2.34. The third-order valence-electron chi connectivity index (χ3n) is 2.46. The summed E-state index contributed by atoms with van der Waals surface area (Å²) in [6.07, 6.45) is 2.38. The van der Waals surface area contributed by atoms with Gasteiger partial charge in [0, 0.05) is 31.7 Å². The number of nitrogens with one attached hydrogen (secondary N) is 1. The van der Waals surface area contributed by atoms with Crippen LogP contribution in [0.15, 0.2) is 12.2 Å². The minimum atomic E-state index is -1.04. The van der Waals surface area contributed by atoms with Crippen LogP contribution in [0, 0.1) is 0 Å². The zero-order valence-electron chi connectivity index (χ0n) is 12.0. The predicted octanol–water partition coefficient (Wildman–Crippen LogP) is -0.640. The van der Waals surface area contributed by atoms with Gasteiger partial charge in [0.25, 0.3) is 11.8 Å². The van der Waals surface area contributed by atoms with Crippen molar-refractivity contribution in [1.29, 1.82) is 0 Å². The summed E-state index contributed by atoms with van der Waals surface area (Å²) < 4.78 is 0. The lowest BCUT2D eigenvalue weighted by molar-refractivity contribution is -0.145. The Kier molecular flexibility index (Phi) is 8.07. The predicted molar refractivity (Wildman–Crippen MR) is 73.5 cm³/mol. The lowest BCUT2D eigenvalue weighted by Gasteiger charge is -2.23. The van der Waals surface area contributed by atoms with Crippen LogP contribution in [-0.4, -0.2) is 47.5 Å². The quantitative estimate of drug-likeness (QED) is 0.630. The fourth-order valence-electron chi connectivity index (χ4n) is 1.53. The number of carbonyl (C=O) groups is 4. The molecule has 0 saturated carbocycles. The van der Waals surface area contributed by atoms with Crippen molar-refractivity contribution in [3.8, 4) is 0 Å². The summed E-state index contributed by atoms with van der Waals surface area (Å²) >= 11 is 0. The number of Topliss-reactive ketones (excluding diaryl/α,β-unsaturated/α-hetero) is 1. The molecule has 7 heteroatoms. The summed E-state index contributed by atoms with van der Waals surface area (Å²) in [5.74, 6) is -1.71. The van der Waals surface area contributed by atoms with E-state index >= 15 is 0 Å². The fourth-order valence-corrected chi connectivity index (χ4v) is 1.53. The molecular formula is C13H21N3O4. The molecule has 112 valence electrons. The van der Waals surface area contributed by atoms with Crippen molar-refractivity contribution in [3.63, 3.8) is 0 Å². The highest BCUT2D eigenvalue weighted by Crippen LogP contribution is 2.08. The monoisotopic (exact) mass is 283 g/mol. The van der Waals surface area contributed by atoms with Crippen LogP contribution in [0.3, 0.4) is 0 Å². The zero-order valence-corrected chi connectivity index (χ0v) is 12.0. The van der Waals surface area contributed by atoms with Gasteiger partial charge in [-0.3, -0.25) is 24.1 Å². The molecule has 20 heavy (non-hydrogen) atoms. The Morgan fingerprint density at radius 3 is 2.15 bits per heavy atom. The molecule has 3 N–H and O–H groups in total. The molecule has 0 aliphatic carbocycles. The van der Waals surface area contributed by atoms with E-state index in [2.05, 4.69) is 5.32 Å². The van der Waals surface area contributed by atoms with E-state index in [-0.39, 0.29) is 25.3 Å². The van der Waals surface area contributed by atoms with Crippen molar-refractivity contribution in [2.24, 2.45) is 5.73 Å². The first-order chi connectivity index (χ1) is 9.47. The van der Waals surface area contributed by atoms with Gasteiger partial charge in [0.2, 0.25) is 5.91 Å². The van der Waals surface area contributed by atoms with Crippen LogP contribution in [0.1, 0.15) is 27.2 Å². The SMILES string of the molecule is CC.CC(=O)CCNC(=O)C(CN)N1C(=O)C=CC1=O. The Morgan fingerprint density at radius 2 is 1.75 bits per heavy atom. The van der Waals surface area contributed by atoms with E-state index in [1.54, 1.807) is 0 Å². The first-order valence-corrected chi connectivity index (χ1v) is 6.49. The molecule has 1 aliphatic rings. The highest BCUT2D eigenvalue weighted by atomic mass is 16.2. The second kappa shape index (κ2) is 8.98. The molecule has 0 radical (unpaired) electrons. The van der Waals surface area contributed by atoms with E-state index in [4.69, 9.17) is 5.73 Å². The second-order valence-corrected chi connectivity index (χ2v) is 3.87. The Balaban J connectivity index is 0.00000172. The van der Waals surface area contributed by atoms with Crippen LogP contribution in [0.4, 0.5) is 0 Å². The zero-order chi connectivity index (χ0) is 15.7. The maximum atomic E-state index is 11.8. The maximum Gasteiger partial charge on any atom is 0.254 e. The van der Waals surface area contributed by atoms with Gasteiger partial charge in [-0.15, -0.1) is 0 Å². The molecule has 0 aromatic heterocycles. The summed E-state index contributed by atoms with van der Waals surface area (Å²) in [6.45, 7) is 5.41. The Hall–Kier alpha value is -2.02. The number of carbonyl (C=O) groups excluding carboxylic acids is 4. The van der Waals surface area contributed by atoms with E-state index in [0.29, 0.717) is 0 Å². The van der Waals surface area contributed by atoms with Gasteiger partial charge in [0.05, 0.1) is 0 Å². The third kappa shape index (κ3) is 4.93. The standard InChI is InChI=1S/C11H15N3O4.C2H6/c1-7(15)4-5-13-11(18)8(6-12)14-9(16)2-3-10(14)17;1-2/h2-3,8H,4-6,12H2,1H3,(H,13,18);1-2H3. The van der Waals surface area contributed by atoms with E-state index in [9.17, 15) is 19.2 Å². The van der Waals surface area contributed by atoms with Crippen LogP contribution in [0.2, 0.25) is 0 Å². The Labute approximate surface area is 118 Å². The average Bonchev–Trinajstić information content (AvgIpc) is 2.74. The smallest absolute Gasteiger partial charge is 0.254 e. The molecule has 1 rings (SSSR count). The molecule has 0 fully saturated rings. The third-order valence-corrected chi connectivity index (χ3v) is 2.46. The van der Waals surface area contributed by atoms with Gasteiger partial charge in [0.1, 0.15) is 11.8 Å². The number of imide groups is 1. The van der Waals surface area contributed by atoms with Gasteiger partial charge in [-0.25, -0.2) is 0 Å². The number of rotatable bonds is 6. The average molecular weight is 283 g/mol. The molecule has 0 spiro atoms. The molecule has 1 heterocycles. The minimum absolute atomic E-state index is 0.0606. The van der Waals surface area contributed by atoms with E-state index in [0.717, 1.165) is 17.1 Å². The summed E-state index contributed by atoms with van der Waals surface area (Å²) in [6, 6.07) is -1.04. The first kappa shape index (κ1) is 18.0. The Morgan fingerprint density at radius 1 is 1.25 bits per heavy atom. The van der Waals surface area contributed by atoms with Gasteiger partial charge < -0.3 is 11.1 Å². The number of nitrogens with two attached hydrogens (primary N) is 1. The van der Waals surface area contributed by atoms with Crippen molar-refractivity contribution in [2.45, 2.75) is 33.2 Å². The number of ketones is 1. The minimum Gasteiger partial charge on any atom is -0.354 e. The molecule has 1 unspecified atom stereocenters. The lowest BCUT2D eigenvalue weighted by atomic mass is 10.2. The summed E-state index contributed by atoms with van der Waals surface area (Å²) in [7, 11) is 0. The number of hydrogen-bond donors (Lipinski definition) is 2. The molecule has 7 nitrogen and oxygen atoms in total. The van der Waals surface area contributed by atoms with Crippen molar-refractivity contribution in [2.75, 3.05) is 13.1 Å². The highest BCUT2D eigenvalue weighted by molar-refractivity contribution is 6.15. The summed E-state index contributed by atoms with van der Waals surface area (Å²) in [4.78, 5) is 46.1. The Bertz CT molecular complexity index is 400. The van der Waals surface area contributed by atoms with Crippen LogP contribution in [0.25, 0.3) is 0 Å². The number of amides is 3. The van der Waals surface area contributed by atoms with Crippen molar-refractivity contribution >= 4 is 23.5 Å². The van der Waals surface area contributed by atoms with Gasteiger partial charge in [-0.2, -0.15) is 0 Å². The molecule has 0 saturated heterocycles. The van der Waals surface area contributed by atoms with Gasteiger partial charge >= 0.3 is 0 Å². The fraction of sp³-hybridized carbons (Fsp3) is 0.538. The molecular weight excluding hydrogens is 262 g/mol. The number of hydrogen-bond acceptors (Lipinski definition) is 5. The molecule has 1 atom stereocenters. The van der Waals surface area contributed by atoms with E-state index in [1.165, 1.54) is 6.92 Å². The van der Waals surface area contributed by atoms with Crippen LogP contribution in [-0.2, 0) is 19.2 Å². The van der Waals surface area contributed by atoms with Crippen molar-refractivity contribution in [3.05, 3.63) is 12.2 Å². The van der Waals surface area contributed by atoms with Crippen LogP contribution in [0.5, 0.6) is 0 Å². The maximum absolute atomic E-state index is 11.8. The van der Waals surface area contributed by atoms with Gasteiger partial charge in [-0.1, -0.05) is 13.8 Å². The van der Waals surface area contributed by atoms with Gasteiger partial charge in [-0.05, 0) is 6.92 Å². The van der Waals surface area contributed by atoms with Crippen molar-refractivity contribution in [1.82, 2.24) is 10.2 Å². The first-order valence-electron chi connectivity index (χ1n) is 6.49. The summed E-state index contributed by atoms with van der Waals surface area (Å²) in [5.41, 5.74) is 5.41. The topological polar surface area (TPSA) is 110 Å². The largest absolute Gasteiger partial charge is 0.354 e. The molecule has 0 aromatic rings. The summed E-state index contributed by atoms with van der Waals surface area (Å²) in [5, 5.41) is 2.47. The van der Waals surface area contributed by atoms with Crippen LogP contribution < -0.4 is 11.1 Å². The lowest BCUT2D eigenvalue weighted by Crippen LogP contribution is -2.53. The molecule has 0 bridgehead atoms. The van der Waals surface area contributed by atoms with Crippen LogP contribution >= 0.6 is 0 Å². The second-order valence-electron chi connectivity index (χ2n) is 3.87. The number of nitrogens with zero attached hydrogens (tertiary/aromatic N) is 1. The molecule has 3 amide bonds. The molecule has 0 aromatic carbocycles. The van der Waals surface area contributed by atoms with Gasteiger partial charge in [0.15, 0.2) is 0 Å². The van der Waals surface area contributed by atoms with Crippen molar-refractivity contribution < 1.29 is 19.2 Å². The van der Waals surface area contributed by atoms with E-state index in [1.807, 2.05) is 13.8 Å². The molecule has 1 aliphatic heterocycles. The normalized spacial score (nSPS) is 14.7.